The summed E-state index contributed by atoms with van der Waals surface area (Å²) in [6.07, 6.45) is 1.87. The third-order valence-corrected chi connectivity index (χ3v) is 4.86. The van der Waals surface area contributed by atoms with Gasteiger partial charge in [-0.25, -0.2) is 4.79 Å². The van der Waals surface area contributed by atoms with E-state index in [0.29, 0.717) is 10.8 Å². The van der Waals surface area contributed by atoms with Crippen molar-refractivity contribution in [3.8, 4) is 0 Å². The van der Waals surface area contributed by atoms with Gasteiger partial charge < -0.3 is 10.4 Å². The van der Waals surface area contributed by atoms with E-state index in [4.69, 9.17) is 5.11 Å². The van der Waals surface area contributed by atoms with Crippen molar-refractivity contribution in [2.45, 2.75) is 24.8 Å². The molecule has 1 aromatic heterocycles. The zero-order valence-electron chi connectivity index (χ0n) is 11.3. The second-order valence-electron chi connectivity index (χ2n) is 5.22. The third kappa shape index (κ3) is 2.97. The van der Waals surface area contributed by atoms with Gasteiger partial charge in [0.05, 0.1) is 4.88 Å². The van der Waals surface area contributed by atoms with Crippen LogP contribution >= 0.6 is 11.3 Å². The van der Waals surface area contributed by atoms with E-state index in [1.807, 2.05) is 18.2 Å². The van der Waals surface area contributed by atoms with Crippen molar-refractivity contribution in [3.63, 3.8) is 0 Å². The first-order valence-corrected chi connectivity index (χ1v) is 7.64. The molecule has 4 nitrogen and oxygen atoms in total. The van der Waals surface area contributed by atoms with Crippen LogP contribution in [0.1, 0.15) is 43.7 Å². The molecule has 108 valence electrons. The van der Waals surface area contributed by atoms with Crippen molar-refractivity contribution in [2.24, 2.45) is 0 Å². The number of benzene rings is 1. The molecule has 0 aliphatic heterocycles. The molecular weight excluding hydrogens is 286 g/mol. The summed E-state index contributed by atoms with van der Waals surface area (Å²) in [6, 6.07) is 13.5. The summed E-state index contributed by atoms with van der Waals surface area (Å²) in [7, 11) is 0. The molecule has 1 aliphatic carbocycles. The van der Waals surface area contributed by atoms with Crippen LogP contribution in [0.5, 0.6) is 0 Å². The van der Waals surface area contributed by atoms with Gasteiger partial charge >= 0.3 is 5.97 Å². The van der Waals surface area contributed by atoms with Crippen LogP contribution in [0.3, 0.4) is 0 Å². The topological polar surface area (TPSA) is 66.4 Å². The predicted molar refractivity (Wildman–Crippen MR) is 80.9 cm³/mol. The first-order chi connectivity index (χ1) is 10.1. The average molecular weight is 301 g/mol. The van der Waals surface area contributed by atoms with Crippen LogP contribution < -0.4 is 5.32 Å². The Hall–Kier alpha value is -2.14. The van der Waals surface area contributed by atoms with Crippen molar-refractivity contribution in [1.29, 1.82) is 0 Å². The van der Waals surface area contributed by atoms with Crippen LogP contribution in [0.2, 0.25) is 0 Å². The Morgan fingerprint density at radius 3 is 2.33 bits per heavy atom. The fourth-order valence-electron chi connectivity index (χ4n) is 2.56. The quantitative estimate of drug-likeness (QED) is 0.912. The van der Waals surface area contributed by atoms with Crippen LogP contribution in [0.4, 0.5) is 0 Å². The largest absolute Gasteiger partial charge is 0.477 e. The summed E-state index contributed by atoms with van der Waals surface area (Å²) in [4.78, 5) is 23.5. The fraction of sp³-hybridized carbons (Fsp3) is 0.250. The van der Waals surface area contributed by atoms with Gasteiger partial charge in [0, 0.05) is 6.04 Å². The molecule has 0 spiro atoms. The Kier molecular flexibility index (Phi) is 3.75. The Bertz CT molecular complexity index is 659. The molecule has 1 aromatic carbocycles. The molecule has 3 rings (SSSR count). The number of amides is 1. The summed E-state index contributed by atoms with van der Waals surface area (Å²) in [6.45, 7) is 0. The minimum absolute atomic E-state index is 0.177. The van der Waals surface area contributed by atoms with Crippen molar-refractivity contribution in [3.05, 3.63) is 57.8 Å². The summed E-state index contributed by atoms with van der Waals surface area (Å²) in [5.41, 5.74) is 1.31. The lowest BCUT2D eigenvalue weighted by molar-refractivity contribution is 0.0702. The van der Waals surface area contributed by atoms with E-state index in [9.17, 15) is 9.59 Å². The van der Waals surface area contributed by atoms with E-state index in [-0.39, 0.29) is 16.8 Å². The lowest BCUT2D eigenvalue weighted by Gasteiger charge is -2.36. The van der Waals surface area contributed by atoms with Gasteiger partial charge in [0.25, 0.3) is 5.91 Å². The Labute approximate surface area is 126 Å². The lowest BCUT2D eigenvalue weighted by Crippen LogP contribution is -2.43. The summed E-state index contributed by atoms with van der Waals surface area (Å²) < 4.78 is 0. The summed E-state index contributed by atoms with van der Waals surface area (Å²) in [5.74, 6) is -0.662. The highest BCUT2D eigenvalue weighted by Gasteiger charge is 2.31. The fourth-order valence-corrected chi connectivity index (χ4v) is 3.31. The molecule has 2 N–H and O–H groups in total. The van der Waals surface area contributed by atoms with Crippen LogP contribution in [0, 0.1) is 0 Å². The molecule has 0 bridgehead atoms. The van der Waals surface area contributed by atoms with E-state index in [0.717, 1.165) is 24.2 Å². The Balaban J connectivity index is 1.54. The smallest absolute Gasteiger partial charge is 0.345 e. The van der Waals surface area contributed by atoms with Crippen molar-refractivity contribution >= 4 is 23.2 Å². The monoisotopic (exact) mass is 301 g/mol. The highest BCUT2D eigenvalue weighted by molar-refractivity contribution is 7.15. The second kappa shape index (κ2) is 5.69. The van der Waals surface area contributed by atoms with Crippen molar-refractivity contribution in [2.75, 3.05) is 0 Å². The van der Waals surface area contributed by atoms with Gasteiger partial charge in [-0.15, -0.1) is 11.3 Å². The number of hydrogen-bond acceptors (Lipinski definition) is 3. The van der Waals surface area contributed by atoms with Gasteiger partial charge in [0.15, 0.2) is 0 Å². The molecule has 0 radical (unpaired) electrons. The minimum atomic E-state index is -0.994. The Morgan fingerprint density at radius 2 is 1.71 bits per heavy atom. The second-order valence-corrected chi connectivity index (χ2v) is 6.30. The van der Waals surface area contributed by atoms with E-state index in [1.54, 1.807) is 6.07 Å². The van der Waals surface area contributed by atoms with Crippen molar-refractivity contribution in [1.82, 2.24) is 5.32 Å². The third-order valence-electron chi connectivity index (χ3n) is 3.78. The normalized spacial score (nSPS) is 20.6. The number of carboxylic acids is 1. The van der Waals surface area contributed by atoms with Gasteiger partial charge in [-0.05, 0) is 36.5 Å². The van der Waals surface area contributed by atoms with Gasteiger partial charge in [-0.1, -0.05) is 30.3 Å². The van der Waals surface area contributed by atoms with Gasteiger partial charge in [0.1, 0.15) is 4.88 Å². The van der Waals surface area contributed by atoms with Gasteiger partial charge in [-0.2, -0.15) is 0 Å². The standard InChI is InChI=1S/C16H15NO3S/c18-15(13-6-7-14(21-13)16(19)20)17-12-8-11(9-12)10-4-2-1-3-5-10/h1-7,11-12H,8-9H2,(H,17,18)(H,19,20). The maximum atomic E-state index is 12.0. The van der Waals surface area contributed by atoms with Gasteiger partial charge in [-0.3, -0.25) is 4.79 Å². The number of hydrogen-bond donors (Lipinski definition) is 2. The molecule has 1 fully saturated rings. The molecule has 5 heteroatoms. The van der Waals surface area contributed by atoms with Crippen molar-refractivity contribution < 1.29 is 14.7 Å². The van der Waals surface area contributed by atoms with E-state index in [2.05, 4.69) is 17.4 Å². The Morgan fingerprint density at radius 1 is 1.05 bits per heavy atom. The molecule has 1 amide bonds. The number of aromatic carboxylic acids is 1. The van der Waals surface area contributed by atoms with Gasteiger partial charge in [0.2, 0.25) is 0 Å². The SMILES string of the molecule is O=C(O)c1ccc(C(=O)NC2CC(c3ccccc3)C2)s1. The van der Waals surface area contributed by atoms with Crippen LogP contribution in [0.15, 0.2) is 42.5 Å². The summed E-state index contributed by atoms with van der Waals surface area (Å²) >= 11 is 1.01. The lowest BCUT2D eigenvalue weighted by atomic mass is 9.76. The average Bonchev–Trinajstić information content (AvgIpc) is 2.93. The first kappa shape index (κ1) is 13.8. The maximum absolute atomic E-state index is 12.0. The number of carbonyl (C=O) groups is 2. The molecule has 2 aromatic rings. The number of rotatable bonds is 4. The van der Waals surface area contributed by atoms with Crippen LogP contribution in [-0.2, 0) is 0 Å². The zero-order chi connectivity index (χ0) is 14.8. The predicted octanol–water partition coefficient (Wildman–Crippen LogP) is 3.12. The number of nitrogens with one attached hydrogen (secondary N) is 1. The van der Waals surface area contributed by atoms with E-state index < -0.39 is 5.97 Å². The molecule has 0 atom stereocenters. The molecule has 1 aliphatic rings. The molecule has 0 saturated heterocycles. The molecule has 0 unspecified atom stereocenters. The highest BCUT2D eigenvalue weighted by Crippen LogP contribution is 2.36. The number of thiophene rings is 1. The number of carbonyl (C=O) groups excluding carboxylic acids is 1. The summed E-state index contributed by atoms with van der Waals surface area (Å²) in [5, 5.41) is 11.8. The van der Waals surface area contributed by atoms with E-state index >= 15 is 0 Å². The minimum Gasteiger partial charge on any atom is -0.477 e. The molecule has 1 heterocycles. The zero-order valence-corrected chi connectivity index (χ0v) is 12.1. The maximum Gasteiger partial charge on any atom is 0.345 e. The van der Waals surface area contributed by atoms with E-state index in [1.165, 1.54) is 11.6 Å². The van der Waals surface area contributed by atoms with Crippen LogP contribution in [0.25, 0.3) is 0 Å². The molecule has 1 saturated carbocycles. The first-order valence-electron chi connectivity index (χ1n) is 6.82. The molecular formula is C16H15NO3S. The van der Waals surface area contributed by atoms with Crippen LogP contribution in [-0.4, -0.2) is 23.0 Å². The number of carboxylic acid groups (broad SMARTS) is 1. The highest BCUT2D eigenvalue weighted by atomic mass is 32.1. The molecule has 21 heavy (non-hydrogen) atoms.